The summed E-state index contributed by atoms with van der Waals surface area (Å²) in [5.74, 6) is 1.00. The summed E-state index contributed by atoms with van der Waals surface area (Å²) in [7, 11) is 0. The standard InChI is InChI=1S/C13H24ClNO/c1-2-15(12-8-4-3-5-9-12)13(16)10-6-7-11-14/h12H,2-11H2,1H3. The lowest BCUT2D eigenvalue weighted by atomic mass is 9.94. The Hall–Kier alpha value is -0.240. The average molecular weight is 246 g/mol. The number of rotatable bonds is 6. The summed E-state index contributed by atoms with van der Waals surface area (Å²) in [6, 6.07) is 0.516. The highest BCUT2D eigenvalue weighted by molar-refractivity contribution is 6.17. The van der Waals surface area contributed by atoms with Crippen LogP contribution < -0.4 is 0 Å². The van der Waals surface area contributed by atoms with Gasteiger partial charge in [-0.1, -0.05) is 19.3 Å². The van der Waals surface area contributed by atoms with E-state index in [1.165, 1.54) is 32.1 Å². The number of amides is 1. The van der Waals surface area contributed by atoms with E-state index in [1.807, 2.05) is 0 Å². The number of hydrogen-bond acceptors (Lipinski definition) is 1. The molecule has 0 aliphatic heterocycles. The fraction of sp³-hybridized carbons (Fsp3) is 0.923. The second-order valence-electron chi connectivity index (χ2n) is 4.62. The quantitative estimate of drug-likeness (QED) is 0.518. The van der Waals surface area contributed by atoms with Crippen LogP contribution in [0, 0.1) is 0 Å². The summed E-state index contributed by atoms with van der Waals surface area (Å²) in [5, 5.41) is 0. The van der Waals surface area contributed by atoms with E-state index in [2.05, 4.69) is 11.8 Å². The fourth-order valence-electron chi connectivity index (χ4n) is 2.55. The van der Waals surface area contributed by atoms with Gasteiger partial charge >= 0.3 is 0 Å². The van der Waals surface area contributed by atoms with Crippen molar-refractivity contribution in [3.8, 4) is 0 Å². The molecule has 94 valence electrons. The Labute approximate surface area is 104 Å². The van der Waals surface area contributed by atoms with Crippen LogP contribution in [-0.2, 0) is 4.79 Å². The predicted octanol–water partition coefficient (Wildman–Crippen LogP) is 3.58. The molecule has 3 heteroatoms. The highest BCUT2D eigenvalue weighted by atomic mass is 35.5. The van der Waals surface area contributed by atoms with Crippen molar-refractivity contribution in [2.75, 3.05) is 12.4 Å². The number of unbranched alkanes of at least 4 members (excludes halogenated alkanes) is 1. The zero-order valence-electron chi connectivity index (χ0n) is 10.4. The zero-order valence-corrected chi connectivity index (χ0v) is 11.1. The molecule has 1 amide bonds. The van der Waals surface area contributed by atoms with Crippen molar-refractivity contribution in [1.82, 2.24) is 4.90 Å². The highest BCUT2D eigenvalue weighted by Gasteiger charge is 2.23. The molecule has 0 unspecified atom stereocenters. The summed E-state index contributed by atoms with van der Waals surface area (Å²) in [5.41, 5.74) is 0. The molecule has 0 bridgehead atoms. The molecule has 1 rings (SSSR count). The molecule has 0 aromatic rings. The highest BCUT2D eigenvalue weighted by Crippen LogP contribution is 2.23. The van der Waals surface area contributed by atoms with E-state index in [-0.39, 0.29) is 0 Å². The molecular weight excluding hydrogens is 222 g/mol. The average Bonchev–Trinajstić information content (AvgIpc) is 2.32. The Morgan fingerprint density at radius 1 is 1.25 bits per heavy atom. The maximum Gasteiger partial charge on any atom is 0.222 e. The van der Waals surface area contributed by atoms with Gasteiger partial charge in [-0.25, -0.2) is 0 Å². The van der Waals surface area contributed by atoms with Crippen molar-refractivity contribution >= 4 is 17.5 Å². The van der Waals surface area contributed by atoms with Crippen molar-refractivity contribution < 1.29 is 4.79 Å². The van der Waals surface area contributed by atoms with Crippen molar-refractivity contribution in [2.24, 2.45) is 0 Å². The van der Waals surface area contributed by atoms with Crippen LogP contribution in [0.1, 0.15) is 58.3 Å². The topological polar surface area (TPSA) is 20.3 Å². The fourth-order valence-corrected chi connectivity index (χ4v) is 2.73. The molecule has 0 radical (unpaired) electrons. The molecule has 0 spiro atoms. The minimum absolute atomic E-state index is 0.333. The summed E-state index contributed by atoms with van der Waals surface area (Å²) < 4.78 is 0. The normalized spacial score (nSPS) is 17.4. The van der Waals surface area contributed by atoms with Gasteiger partial charge in [0.25, 0.3) is 0 Å². The van der Waals surface area contributed by atoms with Crippen LogP contribution in [0.5, 0.6) is 0 Å². The SMILES string of the molecule is CCN(C(=O)CCCCCl)C1CCCCC1. The summed E-state index contributed by atoms with van der Waals surface area (Å²) in [4.78, 5) is 14.1. The third-order valence-corrected chi connectivity index (χ3v) is 3.72. The van der Waals surface area contributed by atoms with Gasteiger partial charge in [0.15, 0.2) is 0 Å². The summed E-state index contributed by atoms with van der Waals surface area (Å²) >= 11 is 5.62. The van der Waals surface area contributed by atoms with Gasteiger partial charge in [0, 0.05) is 24.9 Å². The van der Waals surface area contributed by atoms with E-state index in [4.69, 9.17) is 11.6 Å². The van der Waals surface area contributed by atoms with E-state index in [9.17, 15) is 4.79 Å². The molecule has 0 saturated heterocycles. The molecule has 1 aliphatic carbocycles. The van der Waals surface area contributed by atoms with Crippen molar-refractivity contribution in [3.05, 3.63) is 0 Å². The van der Waals surface area contributed by atoms with Crippen LogP contribution in [0.4, 0.5) is 0 Å². The van der Waals surface area contributed by atoms with E-state index in [0.717, 1.165) is 19.4 Å². The zero-order chi connectivity index (χ0) is 11.8. The number of halogens is 1. The van der Waals surface area contributed by atoms with Gasteiger partial charge in [0.05, 0.1) is 0 Å². The van der Waals surface area contributed by atoms with Crippen LogP contribution in [-0.4, -0.2) is 29.3 Å². The minimum Gasteiger partial charge on any atom is -0.340 e. The first-order chi connectivity index (χ1) is 7.79. The Kier molecular flexibility index (Phi) is 6.86. The Balaban J connectivity index is 2.35. The largest absolute Gasteiger partial charge is 0.340 e. The smallest absolute Gasteiger partial charge is 0.222 e. The maximum absolute atomic E-state index is 12.0. The minimum atomic E-state index is 0.333. The number of alkyl halides is 1. The molecule has 1 fully saturated rings. The molecule has 1 aliphatic rings. The van der Waals surface area contributed by atoms with Gasteiger partial charge in [-0.3, -0.25) is 4.79 Å². The molecule has 16 heavy (non-hydrogen) atoms. The molecule has 0 aromatic carbocycles. The van der Waals surface area contributed by atoms with E-state index < -0.39 is 0 Å². The van der Waals surface area contributed by atoms with Crippen LogP contribution in [0.15, 0.2) is 0 Å². The number of carbonyl (C=O) groups is 1. The van der Waals surface area contributed by atoms with Crippen molar-refractivity contribution in [3.63, 3.8) is 0 Å². The van der Waals surface area contributed by atoms with E-state index in [1.54, 1.807) is 0 Å². The van der Waals surface area contributed by atoms with Gasteiger partial charge in [0.2, 0.25) is 5.91 Å². The Morgan fingerprint density at radius 2 is 1.94 bits per heavy atom. The molecular formula is C13H24ClNO. The van der Waals surface area contributed by atoms with Crippen LogP contribution >= 0.6 is 11.6 Å². The molecule has 2 nitrogen and oxygen atoms in total. The lowest BCUT2D eigenvalue weighted by Gasteiger charge is -2.33. The molecule has 1 saturated carbocycles. The van der Waals surface area contributed by atoms with Gasteiger partial charge < -0.3 is 4.90 Å². The predicted molar refractivity (Wildman–Crippen MR) is 68.8 cm³/mol. The van der Waals surface area contributed by atoms with E-state index >= 15 is 0 Å². The summed E-state index contributed by atoms with van der Waals surface area (Å²) in [6.07, 6.45) is 8.89. The second-order valence-corrected chi connectivity index (χ2v) is 5.00. The molecule has 0 atom stereocenters. The lowest BCUT2D eigenvalue weighted by molar-refractivity contribution is -0.134. The number of hydrogen-bond donors (Lipinski definition) is 0. The monoisotopic (exact) mass is 245 g/mol. The first-order valence-electron chi connectivity index (χ1n) is 6.65. The van der Waals surface area contributed by atoms with E-state index in [0.29, 0.717) is 24.2 Å². The van der Waals surface area contributed by atoms with Gasteiger partial charge in [-0.2, -0.15) is 0 Å². The summed E-state index contributed by atoms with van der Waals surface area (Å²) in [6.45, 7) is 2.96. The van der Waals surface area contributed by atoms with Gasteiger partial charge in [0.1, 0.15) is 0 Å². The third-order valence-electron chi connectivity index (χ3n) is 3.45. The molecule has 0 aromatic heterocycles. The van der Waals surface area contributed by atoms with Gasteiger partial charge in [-0.05, 0) is 32.6 Å². The first kappa shape index (κ1) is 13.8. The van der Waals surface area contributed by atoms with Gasteiger partial charge in [-0.15, -0.1) is 11.6 Å². The van der Waals surface area contributed by atoms with Crippen LogP contribution in [0.3, 0.4) is 0 Å². The number of nitrogens with zero attached hydrogens (tertiary/aromatic N) is 1. The van der Waals surface area contributed by atoms with Crippen LogP contribution in [0.25, 0.3) is 0 Å². The lowest BCUT2D eigenvalue weighted by Crippen LogP contribution is -2.41. The van der Waals surface area contributed by atoms with Crippen molar-refractivity contribution in [1.29, 1.82) is 0 Å². The van der Waals surface area contributed by atoms with Crippen molar-refractivity contribution in [2.45, 2.75) is 64.3 Å². The first-order valence-corrected chi connectivity index (χ1v) is 7.18. The van der Waals surface area contributed by atoms with Crippen LogP contribution in [0.2, 0.25) is 0 Å². The Bertz CT molecular complexity index is 202. The number of carbonyl (C=O) groups excluding carboxylic acids is 1. The maximum atomic E-state index is 12.0. The third kappa shape index (κ3) is 4.32. The Morgan fingerprint density at radius 3 is 2.50 bits per heavy atom. The second kappa shape index (κ2) is 7.94. The molecule has 0 heterocycles. The molecule has 0 N–H and O–H groups in total.